The van der Waals surface area contributed by atoms with E-state index < -0.39 is 0 Å². The second-order valence-corrected chi connectivity index (χ2v) is 5.35. The summed E-state index contributed by atoms with van der Waals surface area (Å²) < 4.78 is 5.78. The molecule has 0 atom stereocenters. The van der Waals surface area contributed by atoms with Crippen molar-refractivity contribution < 1.29 is 4.42 Å². The van der Waals surface area contributed by atoms with Crippen molar-refractivity contribution in [1.82, 2.24) is 9.80 Å². The van der Waals surface area contributed by atoms with Crippen LogP contribution in [0.5, 0.6) is 0 Å². The highest BCUT2D eigenvalue weighted by atomic mass is 16.3. The number of benzene rings is 1. The van der Waals surface area contributed by atoms with Gasteiger partial charge in [-0.15, -0.1) is 0 Å². The molecule has 0 radical (unpaired) electrons. The Morgan fingerprint density at radius 3 is 2.40 bits per heavy atom. The Bertz CT molecular complexity index is 601. The summed E-state index contributed by atoms with van der Waals surface area (Å²) in [5, 5.41) is 1.21. The first-order valence-corrected chi connectivity index (χ1v) is 6.87. The first-order chi connectivity index (χ1) is 9.50. The number of para-hydroxylation sites is 1. The first kappa shape index (κ1) is 14.4. The fourth-order valence-electron chi connectivity index (χ4n) is 2.48. The van der Waals surface area contributed by atoms with Gasteiger partial charge in [0.1, 0.15) is 11.3 Å². The molecule has 1 aromatic carbocycles. The van der Waals surface area contributed by atoms with Crippen LogP contribution in [0.3, 0.4) is 0 Å². The van der Waals surface area contributed by atoms with Crippen LogP contribution in [0.4, 0.5) is 0 Å². The average Bonchev–Trinajstić information content (AvgIpc) is 2.69. The SMILES string of the molecule is Cc1oc2ccccc2c1CCN=C(N(C)C)N(C)C. The number of rotatable bonds is 3. The van der Waals surface area contributed by atoms with E-state index in [1.807, 2.05) is 57.0 Å². The van der Waals surface area contributed by atoms with Crippen molar-refractivity contribution >= 4 is 16.9 Å². The van der Waals surface area contributed by atoms with E-state index >= 15 is 0 Å². The van der Waals surface area contributed by atoms with Crippen LogP contribution >= 0.6 is 0 Å². The fraction of sp³-hybridized carbons (Fsp3) is 0.438. The van der Waals surface area contributed by atoms with Crippen molar-refractivity contribution in [3.05, 3.63) is 35.6 Å². The largest absolute Gasteiger partial charge is 0.461 e. The van der Waals surface area contributed by atoms with Gasteiger partial charge in [-0.2, -0.15) is 0 Å². The topological polar surface area (TPSA) is 32.0 Å². The Hall–Kier alpha value is -1.97. The van der Waals surface area contributed by atoms with Gasteiger partial charge in [-0.25, -0.2) is 0 Å². The molecule has 0 aliphatic heterocycles. The van der Waals surface area contributed by atoms with Crippen LogP contribution in [0.15, 0.2) is 33.7 Å². The Morgan fingerprint density at radius 1 is 1.10 bits per heavy atom. The number of hydrogen-bond donors (Lipinski definition) is 0. The predicted molar refractivity (Wildman–Crippen MR) is 84.3 cm³/mol. The minimum absolute atomic E-state index is 0.760. The van der Waals surface area contributed by atoms with E-state index in [-0.39, 0.29) is 0 Å². The molecule has 1 heterocycles. The second-order valence-electron chi connectivity index (χ2n) is 5.35. The standard InChI is InChI=1S/C16H23N3O/c1-12-13(14-8-6-7-9-15(14)20-12)10-11-17-16(18(2)3)19(4)5/h6-9H,10-11H2,1-5H3. The molecule has 20 heavy (non-hydrogen) atoms. The Balaban J connectivity index is 2.17. The third kappa shape index (κ3) is 2.95. The van der Waals surface area contributed by atoms with Crippen LogP contribution in [0.2, 0.25) is 0 Å². The lowest BCUT2D eigenvalue weighted by Gasteiger charge is -2.22. The summed E-state index contributed by atoms with van der Waals surface area (Å²) in [6, 6.07) is 8.18. The van der Waals surface area contributed by atoms with Crippen molar-refractivity contribution in [1.29, 1.82) is 0 Å². The van der Waals surface area contributed by atoms with Crippen LogP contribution in [-0.2, 0) is 6.42 Å². The monoisotopic (exact) mass is 273 g/mol. The summed E-state index contributed by atoms with van der Waals surface area (Å²) in [5.74, 6) is 1.98. The van der Waals surface area contributed by atoms with Gasteiger partial charge in [-0.05, 0) is 19.4 Å². The molecule has 4 nitrogen and oxygen atoms in total. The van der Waals surface area contributed by atoms with Crippen LogP contribution in [0, 0.1) is 6.92 Å². The molecular formula is C16H23N3O. The van der Waals surface area contributed by atoms with Crippen molar-refractivity contribution in [2.75, 3.05) is 34.7 Å². The van der Waals surface area contributed by atoms with Gasteiger partial charge in [0, 0.05) is 45.7 Å². The van der Waals surface area contributed by atoms with Crippen molar-refractivity contribution in [2.45, 2.75) is 13.3 Å². The van der Waals surface area contributed by atoms with E-state index in [4.69, 9.17) is 4.42 Å². The molecular weight excluding hydrogens is 250 g/mol. The minimum atomic E-state index is 0.760. The Kier molecular flexibility index (Phi) is 4.32. The molecule has 0 N–H and O–H groups in total. The van der Waals surface area contributed by atoms with E-state index in [1.165, 1.54) is 10.9 Å². The Labute approximate surface area is 120 Å². The van der Waals surface area contributed by atoms with E-state index in [0.29, 0.717) is 0 Å². The molecule has 0 unspecified atom stereocenters. The molecule has 1 aromatic heterocycles. The lowest BCUT2D eigenvalue weighted by Crippen LogP contribution is -2.35. The number of furan rings is 1. The summed E-state index contributed by atoms with van der Waals surface area (Å²) in [5.41, 5.74) is 2.23. The normalized spacial score (nSPS) is 10.7. The summed E-state index contributed by atoms with van der Waals surface area (Å²) in [6.07, 6.45) is 0.897. The second kappa shape index (κ2) is 5.99. The zero-order valence-corrected chi connectivity index (χ0v) is 13.0. The number of aliphatic imine (C=N–C) groups is 1. The number of nitrogens with zero attached hydrogens (tertiary/aromatic N) is 3. The molecule has 0 amide bonds. The first-order valence-electron chi connectivity index (χ1n) is 6.87. The summed E-state index contributed by atoms with van der Waals surface area (Å²) in [7, 11) is 8.04. The lowest BCUT2D eigenvalue weighted by atomic mass is 10.1. The van der Waals surface area contributed by atoms with Crippen molar-refractivity contribution in [3.8, 4) is 0 Å². The maximum Gasteiger partial charge on any atom is 0.195 e. The molecule has 0 spiro atoms. The average molecular weight is 273 g/mol. The van der Waals surface area contributed by atoms with Crippen LogP contribution in [0.1, 0.15) is 11.3 Å². The maximum absolute atomic E-state index is 5.78. The smallest absolute Gasteiger partial charge is 0.195 e. The summed E-state index contributed by atoms with van der Waals surface area (Å²) >= 11 is 0. The van der Waals surface area contributed by atoms with E-state index in [0.717, 1.165) is 30.3 Å². The van der Waals surface area contributed by atoms with Crippen molar-refractivity contribution in [2.24, 2.45) is 4.99 Å². The molecule has 0 bridgehead atoms. The quantitative estimate of drug-likeness (QED) is 0.636. The molecule has 2 rings (SSSR count). The van der Waals surface area contributed by atoms with Gasteiger partial charge in [0.2, 0.25) is 0 Å². The third-order valence-electron chi connectivity index (χ3n) is 3.32. The zero-order valence-electron chi connectivity index (χ0n) is 13.0. The third-order valence-corrected chi connectivity index (χ3v) is 3.32. The highest BCUT2D eigenvalue weighted by Crippen LogP contribution is 2.25. The molecule has 0 saturated heterocycles. The number of fused-ring (bicyclic) bond motifs is 1. The predicted octanol–water partition coefficient (Wildman–Crippen LogP) is 2.76. The highest BCUT2D eigenvalue weighted by Gasteiger charge is 2.10. The van der Waals surface area contributed by atoms with Gasteiger partial charge in [0.25, 0.3) is 0 Å². The number of guanidine groups is 1. The fourth-order valence-corrected chi connectivity index (χ4v) is 2.48. The number of hydrogen-bond acceptors (Lipinski definition) is 2. The molecule has 4 heteroatoms. The highest BCUT2D eigenvalue weighted by molar-refractivity contribution is 5.82. The van der Waals surface area contributed by atoms with Gasteiger partial charge >= 0.3 is 0 Å². The van der Waals surface area contributed by atoms with E-state index in [9.17, 15) is 0 Å². The van der Waals surface area contributed by atoms with Crippen molar-refractivity contribution in [3.63, 3.8) is 0 Å². The van der Waals surface area contributed by atoms with Gasteiger partial charge in [-0.3, -0.25) is 4.99 Å². The zero-order chi connectivity index (χ0) is 14.7. The maximum atomic E-state index is 5.78. The molecule has 0 aliphatic carbocycles. The molecule has 2 aromatic rings. The lowest BCUT2D eigenvalue weighted by molar-refractivity contribution is 0.479. The van der Waals surface area contributed by atoms with Gasteiger partial charge in [-0.1, -0.05) is 18.2 Å². The van der Waals surface area contributed by atoms with Crippen LogP contribution < -0.4 is 0 Å². The van der Waals surface area contributed by atoms with Gasteiger partial charge < -0.3 is 14.2 Å². The minimum Gasteiger partial charge on any atom is -0.461 e. The van der Waals surface area contributed by atoms with Crippen LogP contribution in [-0.4, -0.2) is 50.5 Å². The van der Waals surface area contributed by atoms with Crippen LogP contribution in [0.25, 0.3) is 11.0 Å². The molecule has 0 saturated carbocycles. The van der Waals surface area contributed by atoms with E-state index in [1.54, 1.807) is 0 Å². The Morgan fingerprint density at radius 2 is 1.75 bits per heavy atom. The molecule has 0 aliphatic rings. The molecule has 0 fully saturated rings. The molecule has 108 valence electrons. The number of aryl methyl sites for hydroxylation is 1. The summed E-state index contributed by atoms with van der Waals surface area (Å²) in [6.45, 7) is 2.79. The van der Waals surface area contributed by atoms with Gasteiger partial charge in [0.05, 0.1) is 0 Å². The van der Waals surface area contributed by atoms with E-state index in [2.05, 4.69) is 17.1 Å². The van der Waals surface area contributed by atoms with Gasteiger partial charge in [0.15, 0.2) is 5.96 Å². The summed E-state index contributed by atoms with van der Waals surface area (Å²) in [4.78, 5) is 8.73.